The number of pyridine rings is 1. The first-order valence-electron chi connectivity index (χ1n) is 10.8. The molecule has 188 valence electrons. The van der Waals surface area contributed by atoms with E-state index in [1.54, 1.807) is 6.07 Å². The standard InChI is InChI=1S/C24H28F3N5O3/c1-13(29-10-11-30-22(33)23(2,3)4)19-17(12-28)35-21(32-19)15-6-8-16(34-5)20-14(15)7-9-18(31-20)24(25,26)27/h6-9,29H,1,10-12,28H2,2-5H3,(H,30,33). The first kappa shape index (κ1) is 26.0. The van der Waals surface area contributed by atoms with E-state index < -0.39 is 17.3 Å². The van der Waals surface area contributed by atoms with Crippen molar-refractivity contribution in [3.05, 3.63) is 48.0 Å². The summed E-state index contributed by atoms with van der Waals surface area (Å²) in [7, 11) is 1.35. The van der Waals surface area contributed by atoms with Crippen molar-refractivity contribution in [2.45, 2.75) is 33.5 Å². The normalized spacial score (nSPS) is 12.0. The van der Waals surface area contributed by atoms with Crippen LogP contribution in [0.15, 0.2) is 35.3 Å². The molecule has 0 atom stereocenters. The fraction of sp³-hybridized carbons (Fsp3) is 0.375. The van der Waals surface area contributed by atoms with Crippen LogP contribution in [-0.2, 0) is 17.5 Å². The van der Waals surface area contributed by atoms with Crippen LogP contribution in [0.2, 0.25) is 0 Å². The number of ether oxygens (including phenoxy) is 1. The molecule has 4 N–H and O–H groups in total. The van der Waals surface area contributed by atoms with E-state index >= 15 is 0 Å². The highest BCUT2D eigenvalue weighted by molar-refractivity contribution is 5.96. The highest BCUT2D eigenvalue weighted by Gasteiger charge is 2.33. The number of aromatic nitrogens is 2. The monoisotopic (exact) mass is 491 g/mol. The molecule has 0 saturated carbocycles. The van der Waals surface area contributed by atoms with E-state index in [0.29, 0.717) is 41.2 Å². The van der Waals surface area contributed by atoms with Crippen molar-refractivity contribution < 1.29 is 27.1 Å². The number of carbonyl (C=O) groups is 1. The third kappa shape index (κ3) is 5.73. The Hall–Kier alpha value is -3.60. The van der Waals surface area contributed by atoms with Crippen molar-refractivity contribution in [2.75, 3.05) is 20.2 Å². The van der Waals surface area contributed by atoms with E-state index in [0.717, 1.165) is 6.07 Å². The Morgan fingerprint density at radius 3 is 2.40 bits per heavy atom. The zero-order valence-corrected chi connectivity index (χ0v) is 20.0. The third-order valence-electron chi connectivity index (χ3n) is 5.16. The number of hydrogen-bond acceptors (Lipinski definition) is 7. The highest BCUT2D eigenvalue weighted by atomic mass is 19.4. The lowest BCUT2D eigenvalue weighted by Gasteiger charge is -2.18. The predicted molar refractivity (Wildman–Crippen MR) is 126 cm³/mol. The van der Waals surface area contributed by atoms with Crippen LogP contribution in [0.5, 0.6) is 5.75 Å². The molecule has 0 bridgehead atoms. The maximum absolute atomic E-state index is 13.2. The molecule has 8 nitrogen and oxygen atoms in total. The molecular formula is C24H28F3N5O3. The maximum atomic E-state index is 13.2. The highest BCUT2D eigenvalue weighted by Crippen LogP contribution is 2.37. The second kappa shape index (κ2) is 9.95. The smallest absolute Gasteiger partial charge is 0.433 e. The van der Waals surface area contributed by atoms with Crippen LogP contribution in [0.25, 0.3) is 28.1 Å². The van der Waals surface area contributed by atoms with E-state index in [-0.39, 0.29) is 29.6 Å². The first-order valence-corrected chi connectivity index (χ1v) is 10.8. The quantitative estimate of drug-likeness (QED) is 0.407. The molecule has 0 fully saturated rings. The van der Waals surface area contributed by atoms with Crippen LogP contribution in [0, 0.1) is 5.41 Å². The van der Waals surface area contributed by atoms with Crippen LogP contribution >= 0.6 is 0 Å². The summed E-state index contributed by atoms with van der Waals surface area (Å²) in [5.74, 6) is 0.604. The molecule has 35 heavy (non-hydrogen) atoms. The number of benzene rings is 1. The van der Waals surface area contributed by atoms with Gasteiger partial charge >= 0.3 is 6.18 Å². The van der Waals surface area contributed by atoms with Gasteiger partial charge in [-0.3, -0.25) is 4.79 Å². The lowest BCUT2D eigenvalue weighted by atomic mass is 9.96. The number of rotatable bonds is 8. The molecule has 2 aromatic heterocycles. The van der Waals surface area contributed by atoms with Crippen molar-refractivity contribution >= 4 is 22.5 Å². The molecule has 0 aliphatic heterocycles. The molecule has 0 unspecified atom stereocenters. The van der Waals surface area contributed by atoms with E-state index in [9.17, 15) is 18.0 Å². The van der Waals surface area contributed by atoms with Crippen LogP contribution in [-0.4, -0.2) is 36.1 Å². The molecule has 1 amide bonds. The maximum Gasteiger partial charge on any atom is 0.433 e. The molecular weight excluding hydrogens is 463 g/mol. The number of oxazole rings is 1. The second-order valence-corrected chi connectivity index (χ2v) is 8.81. The first-order chi connectivity index (χ1) is 16.4. The van der Waals surface area contributed by atoms with Gasteiger partial charge in [0.2, 0.25) is 11.8 Å². The lowest BCUT2D eigenvalue weighted by molar-refractivity contribution is -0.141. The van der Waals surface area contributed by atoms with E-state index in [4.69, 9.17) is 14.9 Å². The average Bonchev–Trinajstić information content (AvgIpc) is 3.23. The molecule has 0 aliphatic rings. The molecule has 2 heterocycles. The third-order valence-corrected chi connectivity index (χ3v) is 5.16. The molecule has 11 heteroatoms. The van der Waals surface area contributed by atoms with Gasteiger partial charge in [0.05, 0.1) is 19.4 Å². The largest absolute Gasteiger partial charge is 0.494 e. The number of nitrogens with zero attached hydrogens (tertiary/aromatic N) is 2. The van der Waals surface area contributed by atoms with Gasteiger partial charge in [-0.2, -0.15) is 13.2 Å². The Labute approximate surface area is 200 Å². The Bertz CT molecular complexity index is 1250. The minimum Gasteiger partial charge on any atom is -0.494 e. The molecule has 0 spiro atoms. The van der Waals surface area contributed by atoms with Crippen LogP contribution in [0.4, 0.5) is 13.2 Å². The summed E-state index contributed by atoms with van der Waals surface area (Å²) in [5, 5.41) is 6.28. The van der Waals surface area contributed by atoms with Gasteiger partial charge in [-0.1, -0.05) is 27.4 Å². The molecule has 0 radical (unpaired) electrons. The minimum absolute atomic E-state index is 0.0222. The summed E-state index contributed by atoms with van der Waals surface area (Å²) in [6.45, 7) is 10.2. The summed E-state index contributed by atoms with van der Waals surface area (Å²) in [6, 6.07) is 5.33. The van der Waals surface area contributed by atoms with E-state index in [1.165, 1.54) is 19.2 Å². The fourth-order valence-corrected chi connectivity index (χ4v) is 3.28. The summed E-state index contributed by atoms with van der Waals surface area (Å²) >= 11 is 0. The molecule has 1 aromatic carbocycles. The van der Waals surface area contributed by atoms with Gasteiger partial charge in [0.1, 0.15) is 28.4 Å². The van der Waals surface area contributed by atoms with Crippen molar-refractivity contribution in [1.82, 2.24) is 20.6 Å². The number of hydrogen-bond donors (Lipinski definition) is 3. The minimum atomic E-state index is -4.60. The summed E-state index contributed by atoms with van der Waals surface area (Å²) in [6.07, 6.45) is -4.60. The van der Waals surface area contributed by atoms with Gasteiger partial charge in [-0.05, 0) is 24.3 Å². The Kier molecular flexibility index (Phi) is 7.39. The van der Waals surface area contributed by atoms with Crippen LogP contribution < -0.4 is 21.1 Å². The number of fused-ring (bicyclic) bond motifs is 1. The zero-order chi connectivity index (χ0) is 26.0. The van der Waals surface area contributed by atoms with Gasteiger partial charge < -0.3 is 25.5 Å². The topological polar surface area (TPSA) is 115 Å². The molecule has 0 aliphatic carbocycles. The molecule has 3 rings (SSSR count). The second-order valence-electron chi connectivity index (χ2n) is 8.81. The fourth-order valence-electron chi connectivity index (χ4n) is 3.28. The van der Waals surface area contributed by atoms with Crippen LogP contribution in [0.1, 0.15) is 37.9 Å². The number of nitrogens with two attached hydrogens (primary N) is 1. The Morgan fingerprint density at radius 1 is 1.11 bits per heavy atom. The van der Waals surface area contributed by atoms with Crippen LogP contribution in [0.3, 0.4) is 0 Å². The Balaban J connectivity index is 1.89. The number of methoxy groups -OCH3 is 1. The van der Waals surface area contributed by atoms with Crippen molar-refractivity contribution in [3.63, 3.8) is 0 Å². The summed E-state index contributed by atoms with van der Waals surface area (Å²) < 4.78 is 50.7. The number of halogens is 3. The summed E-state index contributed by atoms with van der Waals surface area (Å²) in [5.41, 5.74) is 5.56. The Morgan fingerprint density at radius 2 is 1.80 bits per heavy atom. The van der Waals surface area contributed by atoms with Gasteiger partial charge in [0.25, 0.3) is 0 Å². The van der Waals surface area contributed by atoms with Gasteiger partial charge in [0.15, 0.2) is 0 Å². The van der Waals surface area contributed by atoms with Crippen molar-refractivity contribution in [2.24, 2.45) is 11.1 Å². The van der Waals surface area contributed by atoms with E-state index in [2.05, 4.69) is 27.2 Å². The van der Waals surface area contributed by atoms with Crippen molar-refractivity contribution in [3.8, 4) is 17.2 Å². The van der Waals surface area contributed by atoms with Gasteiger partial charge in [-0.25, -0.2) is 9.97 Å². The van der Waals surface area contributed by atoms with Gasteiger partial charge in [-0.15, -0.1) is 0 Å². The average molecular weight is 492 g/mol. The SMILES string of the molecule is C=C(NCCNC(=O)C(C)(C)C)c1nc(-c2ccc(OC)c3nc(C(F)(F)F)ccc23)oc1CN. The van der Waals surface area contributed by atoms with Crippen molar-refractivity contribution in [1.29, 1.82) is 0 Å². The predicted octanol–water partition coefficient (Wildman–Crippen LogP) is 4.10. The molecule has 0 saturated heterocycles. The summed E-state index contributed by atoms with van der Waals surface area (Å²) in [4.78, 5) is 20.2. The number of carbonyl (C=O) groups excluding carboxylic acids is 1. The lowest BCUT2D eigenvalue weighted by Crippen LogP contribution is -2.38. The number of amides is 1. The number of alkyl halides is 3. The van der Waals surface area contributed by atoms with Gasteiger partial charge in [0, 0.05) is 29.5 Å². The van der Waals surface area contributed by atoms with E-state index in [1.807, 2.05) is 20.8 Å². The zero-order valence-electron chi connectivity index (χ0n) is 20.0. The number of nitrogens with one attached hydrogen (secondary N) is 2. The molecule has 3 aromatic rings.